The molecule has 0 aliphatic heterocycles. The quantitative estimate of drug-likeness (QED) is 0.758. The van der Waals surface area contributed by atoms with Crippen LogP contribution in [0.4, 0.5) is 0 Å². The largest absolute Gasteiger partial charge is 0.350 e. The number of nitrogens with one attached hydrogen (secondary N) is 2. The number of imidazole rings is 1. The fourth-order valence-corrected chi connectivity index (χ4v) is 2.93. The summed E-state index contributed by atoms with van der Waals surface area (Å²) < 4.78 is 0. The summed E-state index contributed by atoms with van der Waals surface area (Å²) >= 11 is 1.60. The van der Waals surface area contributed by atoms with Gasteiger partial charge in [-0.2, -0.15) is 0 Å². The van der Waals surface area contributed by atoms with Gasteiger partial charge in [-0.15, -0.1) is 11.3 Å². The van der Waals surface area contributed by atoms with E-state index in [-0.39, 0.29) is 5.91 Å². The summed E-state index contributed by atoms with van der Waals surface area (Å²) in [5.74, 6) is 0.619. The topological polar surface area (TPSA) is 57.8 Å². The molecule has 1 aromatic carbocycles. The Morgan fingerprint density at radius 3 is 2.77 bits per heavy atom. The summed E-state index contributed by atoms with van der Waals surface area (Å²) in [4.78, 5) is 20.9. The summed E-state index contributed by atoms with van der Waals surface area (Å²) in [5.41, 5.74) is 2.47. The number of amides is 1. The second kappa shape index (κ2) is 6.58. The highest BCUT2D eigenvalue weighted by Gasteiger charge is 2.15. The lowest BCUT2D eigenvalue weighted by Gasteiger charge is -2.04. The molecule has 22 heavy (non-hydrogen) atoms. The molecule has 0 saturated heterocycles. The number of carbonyl (C=O) groups is 1. The van der Waals surface area contributed by atoms with E-state index in [1.165, 1.54) is 5.56 Å². The Morgan fingerprint density at radius 2 is 2.05 bits per heavy atom. The van der Waals surface area contributed by atoms with Crippen LogP contribution < -0.4 is 5.32 Å². The van der Waals surface area contributed by atoms with Crippen molar-refractivity contribution in [3.8, 4) is 10.7 Å². The molecule has 0 aliphatic carbocycles. The molecule has 0 radical (unpaired) electrons. The number of carbonyl (C=O) groups excluding carboxylic acids is 1. The van der Waals surface area contributed by atoms with Crippen molar-refractivity contribution in [2.24, 2.45) is 0 Å². The van der Waals surface area contributed by atoms with Gasteiger partial charge in [-0.25, -0.2) is 4.98 Å². The summed E-state index contributed by atoms with van der Waals surface area (Å²) in [5, 5.41) is 4.92. The van der Waals surface area contributed by atoms with Crippen LogP contribution >= 0.6 is 11.3 Å². The first-order valence-corrected chi connectivity index (χ1v) is 8.04. The number of aromatic nitrogens is 2. The third kappa shape index (κ3) is 3.26. The Balaban J connectivity index is 1.63. The van der Waals surface area contributed by atoms with Gasteiger partial charge in [0.25, 0.3) is 5.91 Å². The summed E-state index contributed by atoms with van der Waals surface area (Å²) in [6, 6.07) is 14.1. The third-order valence-corrected chi connectivity index (χ3v) is 4.27. The van der Waals surface area contributed by atoms with Gasteiger partial charge in [-0.3, -0.25) is 4.79 Å². The van der Waals surface area contributed by atoms with Crippen molar-refractivity contribution in [2.75, 3.05) is 6.54 Å². The highest BCUT2D eigenvalue weighted by molar-refractivity contribution is 7.13. The normalized spacial score (nSPS) is 10.6. The summed E-state index contributed by atoms with van der Waals surface area (Å²) in [6.45, 7) is 2.47. The number of hydrogen-bond donors (Lipinski definition) is 2. The second-order valence-corrected chi connectivity index (χ2v) is 5.98. The lowest BCUT2D eigenvalue weighted by Crippen LogP contribution is -2.26. The monoisotopic (exact) mass is 311 g/mol. The predicted molar refractivity (Wildman–Crippen MR) is 89.1 cm³/mol. The molecule has 4 nitrogen and oxygen atoms in total. The molecule has 1 amide bonds. The molecule has 2 heterocycles. The number of thiophene rings is 1. The van der Waals surface area contributed by atoms with Crippen molar-refractivity contribution in [3.63, 3.8) is 0 Å². The van der Waals surface area contributed by atoms with E-state index >= 15 is 0 Å². The van der Waals surface area contributed by atoms with E-state index in [1.807, 2.05) is 42.6 Å². The summed E-state index contributed by atoms with van der Waals surface area (Å²) in [7, 11) is 0. The lowest BCUT2D eigenvalue weighted by molar-refractivity contribution is 0.0949. The van der Waals surface area contributed by atoms with Crippen LogP contribution in [0.5, 0.6) is 0 Å². The molecule has 0 bridgehead atoms. The first-order chi connectivity index (χ1) is 10.7. The van der Waals surface area contributed by atoms with Crippen molar-refractivity contribution in [1.29, 1.82) is 0 Å². The van der Waals surface area contributed by atoms with Crippen LogP contribution in [-0.4, -0.2) is 22.4 Å². The maximum atomic E-state index is 12.2. The van der Waals surface area contributed by atoms with E-state index in [4.69, 9.17) is 0 Å². The van der Waals surface area contributed by atoms with Crippen LogP contribution in [0.15, 0.2) is 47.8 Å². The van der Waals surface area contributed by atoms with Gasteiger partial charge in [-0.05, 0) is 30.4 Å². The number of rotatable bonds is 5. The average molecular weight is 311 g/mol. The Labute approximate surface area is 133 Å². The number of nitrogens with zero attached hydrogens (tertiary/aromatic N) is 1. The Kier molecular flexibility index (Phi) is 4.34. The molecule has 0 spiro atoms. The van der Waals surface area contributed by atoms with Crippen LogP contribution in [0.3, 0.4) is 0 Å². The number of aromatic amines is 1. The Morgan fingerprint density at radius 1 is 1.23 bits per heavy atom. The van der Waals surface area contributed by atoms with Gasteiger partial charge < -0.3 is 10.3 Å². The maximum absolute atomic E-state index is 12.2. The van der Waals surface area contributed by atoms with Crippen molar-refractivity contribution in [2.45, 2.75) is 13.3 Å². The number of H-pyrrole nitrogens is 1. The minimum Gasteiger partial charge on any atom is -0.350 e. The zero-order valence-electron chi connectivity index (χ0n) is 12.3. The van der Waals surface area contributed by atoms with Crippen LogP contribution in [0.1, 0.15) is 21.7 Å². The summed E-state index contributed by atoms with van der Waals surface area (Å²) in [6.07, 6.45) is 0.813. The highest BCUT2D eigenvalue weighted by atomic mass is 32.1. The zero-order valence-corrected chi connectivity index (χ0v) is 13.1. The van der Waals surface area contributed by atoms with Gasteiger partial charge in [-0.1, -0.05) is 36.4 Å². The molecule has 2 aromatic heterocycles. The van der Waals surface area contributed by atoms with Gasteiger partial charge in [0.05, 0.1) is 4.88 Å². The van der Waals surface area contributed by atoms with Crippen LogP contribution in [0.25, 0.3) is 10.7 Å². The first-order valence-electron chi connectivity index (χ1n) is 7.16. The molecule has 2 N–H and O–H groups in total. The third-order valence-electron chi connectivity index (χ3n) is 3.40. The van der Waals surface area contributed by atoms with Gasteiger partial charge >= 0.3 is 0 Å². The smallest absolute Gasteiger partial charge is 0.271 e. The average Bonchev–Trinajstić information content (AvgIpc) is 3.17. The van der Waals surface area contributed by atoms with Crippen molar-refractivity contribution in [3.05, 3.63) is 64.8 Å². The lowest BCUT2D eigenvalue weighted by atomic mass is 10.1. The predicted octanol–water partition coefficient (Wildman–Crippen LogP) is 3.42. The van der Waals surface area contributed by atoms with E-state index in [0.29, 0.717) is 12.2 Å². The molecule has 3 aromatic rings. The Hall–Kier alpha value is -2.40. The fourth-order valence-electron chi connectivity index (χ4n) is 2.26. The standard InChI is InChI=1S/C17H17N3OS/c1-12-15(20-16(19-12)14-8-5-11-22-14)17(21)18-10-9-13-6-3-2-4-7-13/h2-8,11H,9-10H2,1H3,(H,18,21)(H,19,20). The second-order valence-electron chi connectivity index (χ2n) is 5.03. The van der Waals surface area contributed by atoms with Gasteiger partial charge in [0.15, 0.2) is 0 Å². The molecule has 112 valence electrons. The van der Waals surface area contributed by atoms with Gasteiger partial charge in [0.2, 0.25) is 0 Å². The van der Waals surface area contributed by atoms with E-state index in [0.717, 1.165) is 22.8 Å². The molecule has 0 fully saturated rings. The van der Waals surface area contributed by atoms with Crippen LogP contribution in [-0.2, 0) is 6.42 Å². The number of benzene rings is 1. The Bertz CT molecular complexity index is 748. The highest BCUT2D eigenvalue weighted by Crippen LogP contribution is 2.22. The van der Waals surface area contributed by atoms with E-state index < -0.39 is 0 Å². The number of hydrogen-bond acceptors (Lipinski definition) is 3. The molecular weight excluding hydrogens is 294 g/mol. The molecule has 0 unspecified atom stereocenters. The van der Waals surface area contributed by atoms with E-state index in [1.54, 1.807) is 11.3 Å². The van der Waals surface area contributed by atoms with Crippen molar-refractivity contribution < 1.29 is 4.79 Å². The fraction of sp³-hybridized carbons (Fsp3) is 0.176. The minimum absolute atomic E-state index is 0.132. The molecule has 0 saturated carbocycles. The van der Waals surface area contributed by atoms with Crippen molar-refractivity contribution >= 4 is 17.2 Å². The first kappa shape index (κ1) is 14.5. The van der Waals surface area contributed by atoms with Crippen LogP contribution in [0.2, 0.25) is 0 Å². The van der Waals surface area contributed by atoms with Gasteiger partial charge in [0.1, 0.15) is 11.5 Å². The zero-order chi connectivity index (χ0) is 15.4. The molecule has 0 aliphatic rings. The molecular formula is C17H17N3OS. The minimum atomic E-state index is -0.132. The molecule has 0 atom stereocenters. The SMILES string of the molecule is Cc1[nH]c(-c2cccs2)nc1C(=O)NCCc1ccccc1. The number of aryl methyl sites for hydroxylation is 1. The maximum Gasteiger partial charge on any atom is 0.271 e. The van der Waals surface area contributed by atoms with Crippen LogP contribution in [0, 0.1) is 6.92 Å². The molecule has 3 rings (SSSR count). The van der Waals surface area contributed by atoms with Crippen molar-refractivity contribution in [1.82, 2.24) is 15.3 Å². The molecule has 5 heteroatoms. The van der Waals surface area contributed by atoms with E-state index in [9.17, 15) is 4.79 Å². The van der Waals surface area contributed by atoms with Gasteiger partial charge in [0, 0.05) is 12.2 Å². The van der Waals surface area contributed by atoms with E-state index in [2.05, 4.69) is 27.4 Å².